The van der Waals surface area contributed by atoms with Crippen LogP contribution in [0.3, 0.4) is 0 Å². The minimum Gasteiger partial charge on any atom is -0.480 e. The van der Waals surface area contributed by atoms with Crippen molar-refractivity contribution in [2.75, 3.05) is 0 Å². The molecule has 0 aliphatic heterocycles. The number of nitrogens with zero attached hydrogens (tertiary/aromatic N) is 2. The Morgan fingerprint density at radius 1 is 1.72 bits per heavy atom. The predicted molar refractivity (Wildman–Crippen MR) is 69.9 cm³/mol. The zero-order valence-electron chi connectivity index (χ0n) is 10.3. The summed E-state index contributed by atoms with van der Waals surface area (Å²) in [6, 6.07) is 4.62. The molecular weight excluding hydrogens is 250 g/mol. The highest BCUT2D eigenvalue weighted by Gasteiger charge is 2.32. The highest BCUT2D eigenvalue weighted by Crippen LogP contribution is 2.31. The number of nitrogens with two attached hydrogens (primary N) is 1. The maximum absolute atomic E-state index is 10.9. The van der Waals surface area contributed by atoms with E-state index in [1.54, 1.807) is 32.2 Å². The van der Waals surface area contributed by atoms with E-state index in [0.29, 0.717) is 11.4 Å². The number of aromatic nitrogens is 1. The van der Waals surface area contributed by atoms with Crippen LogP contribution in [0.1, 0.15) is 25.1 Å². The number of hydrogen-bond acceptors (Lipinski definition) is 5. The number of rotatable bonds is 5. The van der Waals surface area contributed by atoms with Gasteiger partial charge in [0.15, 0.2) is 0 Å². The molecule has 6 heteroatoms. The van der Waals surface area contributed by atoms with Crippen LogP contribution in [-0.4, -0.2) is 26.8 Å². The zero-order valence-corrected chi connectivity index (χ0v) is 11.1. The van der Waals surface area contributed by atoms with Gasteiger partial charge in [-0.15, -0.1) is 11.8 Å². The molecule has 1 rings (SSSR count). The van der Waals surface area contributed by atoms with E-state index in [1.807, 2.05) is 6.07 Å². The van der Waals surface area contributed by atoms with Gasteiger partial charge in [-0.1, -0.05) is 6.07 Å². The maximum Gasteiger partial charge on any atom is 0.321 e. The summed E-state index contributed by atoms with van der Waals surface area (Å²) in [5, 5.41) is 17.8. The first-order chi connectivity index (χ1) is 8.38. The van der Waals surface area contributed by atoms with Gasteiger partial charge in [-0.05, 0) is 25.5 Å². The summed E-state index contributed by atoms with van der Waals surface area (Å²) in [5.74, 6) is -0.524. The Morgan fingerprint density at radius 2 is 2.39 bits per heavy atom. The van der Waals surface area contributed by atoms with Crippen molar-refractivity contribution in [3.8, 4) is 6.07 Å². The van der Waals surface area contributed by atoms with Crippen LogP contribution in [0, 0.1) is 11.3 Å². The number of nitriles is 1. The third kappa shape index (κ3) is 3.45. The van der Waals surface area contributed by atoms with Crippen molar-refractivity contribution in [3.63, 3.8) is 0 Å². The van der Waals surface area contributed by atoms with Crippen LogP contribution in [0.15, 0.2) is 18.3 Å². The van der Waals surface area contributed by atoms with Gasteiger partial charge in [-0.3, -0.25) is 4.79 Å². The number of hydrogen-bond donors (Lipinski definition) is 2. The molecule has 1 atom stereocenters. The first-order valence-electron chi connectivity index (χ1n) is 5.35. The minimum atomic E-state index is -1.03. The molecule has 1 heterocycles. The fraction of sp³-hybridized carbons (Fsp3) is 0.417. The molecular formula is C12H15N3O2S. The van der Waals surface area contributed by atoms with Crippen LogP contribution >= 0.6 is 11.8 Å². The van der Waals surface area contributed by atoms with Crippen molar-refractivity contribution < 1.29 is 9.90 Å². The molecule has 18 heavy (non-hydrogen) atoms. The normalized spacial score (nSPS) is 12.8. The summed E-state index contributed by atoms with van der Waals surface area (Å²) >= 11 is 1.40. The van der Waals surface area contributed by atoms with Gasteiger partial charge in [0.05, 0.1) is 0 Å². The Balaban J connectivity index is 2.76. The van der Waals surface area contributed by atoms with Crippen molar-refractivity contribution in [3.05, 3.63) is 29.6 Å². The first-order valence-corrected chi connectivity index (χ1v) is 6.33. The van der Waals surface area contributed by atoms with E-state index in [0.717, 1.165) is 5.56 Å². The van der Waals surface area contributed by atoms with Crippen LogP contribution in [-0.2, 0) is 10.5 Å². The van der Waals surface area contributed by atoms with Gasteiger partial charge >= 0.3 is 5.97 Å². The number of aliphatic carboxylic acids is 1. The first kappa shape index (κ1) is 14.5. The monoisotopic (exact) mass is 265 g/mol. The quantitative estimate of drug-likeness (QED) is 0.834. The lowest BCUT2D eigenvalue weighted by molar-refractivity contribution is -0.139. The van der Waals surface area contributed by atoms with Crippen LogP contribution in [0.4, 0.5) is 0 Å². The molecule has 96 valence electrons. The molecule has 0 unspecified atom stereocenters. The van der Waals surface area contributed by atoms with Crippen LogP contribution in [0.25, 0.3) is 0 Å². The zero-order chi connectivity index (χ0) is 13.8. The lowest BCUT2D eigenvalue weighted by atomic mass is 10.1. The van der Waals surface area contributed by atoms with Crippen LogP contribution in [0.5, 0.6) is 0 Å². The Bertz CT molecular complexity index is 482. The summed E-state index contributed by atoms with van der Waals surface area (Å²) in [7, 11) is 0. The van der Waals surface area contributed by atoms with Gasteiger partial charge < -0.3 is 10.8 Å². The molecule has 0 bridgehead atoms. The fourth-order valence-corrected chi connectivity index (χ4v) is 2.35. The number of carbonyl (C=O) groups is 1. The molecule has 3 N–H and O–H groups in total. The molecule has 0 aliphatic carbocycles. The number of thioether (sulfide) groups is 1. The molecule has 0 radical (unpaired) electrons. The third-order valence-corrected chi connectivity index (χ3v) is 4.07. The number of pyridine rings is 1. The molecule has 0 saturated carbocycles. The lowest BCUT2D eigenvalue weighted by Gasteiger charge is -2.28. The smallest absolute Gasteiger partial charge is 0.321 e. The van der Waals surface area contributed by atoms with Gasteiger partial charge in [0.25, 0.3) is 0 Å². The van der Waals surface area contributed by atoms with Crippen LogP contribution in [0.2, 0.25) is 0 Å². The molecule has 5 nitrogen and oxygen atoms in total. The molecule has 0 aromatic carbocycles. The second-order valence-corrected chi connectivity index (χ2v) is 5.96. The summed E-state index contributed by atoms with van der Waals surface area (Å²) in [6.45, 7) is 3.55. The van der Waals surface area contributed by atoms with Gasteiger partial charge in [0.2, 0.25) is 0 Å². The highest BCUT2D eigenvalue weighted by atomic mass is 32.2. The van der Waals surface area contributed by atoms with Gasteiger partial charge in [0, 0.05) is 16.7 Å². The number of carboxylic acid groups (broad SMARTS) is 1. The summed E-state index contributed by atoms with van der Waals surface area (Å²) in [6.07, 6.45) is 1.56. The standard InChI is InChI=1S/C12H15N3O2S/c1-12(2,10(14)11(16)17)18-7-8-4-3-5-15-9(8)6-13/h3-5,10H,7,14H2,1-2H3,(H,16,17)/t10-/m1/s1. The molecule has 0 fully saturated rings. The fourth-order valence-electron chi connectivity index (χ4n) is 1.31. The molecule has 1 aromatic heterocycles. The van der Waals surface area contributed by atoms with E-state index < -0.39 is 16.8 Å². The number of carboxylic acids is 1. The highest BCUT2D eigenvalue weighted by molar-refractivity contribution is 7.99. The Hall–Kier alpha value is -1.58. The minimum absolute atomic E-state index is 0.365. The summed E-state index contributed by atoms with van der Waals surface area (Å²) in [4.78, 5) is 14.8. The van der Waals surface area contributed by atoms with E-state index in [9.17, 15) is 4.79 Å². The Morgan fingerprint density at radius 3 is 2.94 bits per heavy atom. The third-order valence-electron chi connectivity index (χ3n) is 2.61. The second-order valence-electron chi connectivity index (χ2n) is 4.33. The topological polar surface area (TPSA) is 100 Å². The molecule has 1 aromatic rings. The van der Waals surface area contributed by atoms with E-state index >= 15 is 0 Å². The van der Waals surface area contributed by atoms with E-state index in [4.69, 9.17) is 16.1 Å². The average molecular weight is 265 g/mol. The van der Waals surface area contributed by atoms with Crippen molar-refractivity contribution in [2.24, 2.45) is 5.73 Å². The molecule has 0 amide bonds. The van der Waals surface area contributed by atoms with Crippen molar-refractivity contribution in [1.29, 1.82) is 5.26 Å². The predicted octanol–water partition coefficient (Wildman–Crippen LogP) is 1.38. The van der Waals surface area contributed by atoms with E-state index in [1.165, 1.54) is 11.8 Å². The summed E-state index contributed by atoms with van der Waals surface area (Å²) in [5.41, 5.74) is 6.78. The average Bonchev–Trinajstić information content (AvgIpc) is 2.35. The largest absolute Gasteiger partial charge is 0.480 e. The van der Waals surface area contributed by atoms with Crippen molar-refractivity contribution in [2.45, 2.75) is 30.4 Å². The van der Waals surface area contributed by atoms with Gasteiger partial charge in [-0.2, -0.15) is 5.26 Å². The van der Waals surface area contributed by atoms with Crippen LogP contribution < -0.4 is 5.73 Å². The Kier molecular flexibility index (Phi) is 4.70. The molecule has 0 saturated heterocycles. The van der Waals surface area contributed by atoms with E-state index in [2.05, 4.69) is 4.98 Å². The van der Waals surface area contributed by atoms with E-state index in [-0.39, 0.29) is 0 Å². The Labute approximate surface area is 110 Å². The van der Waals surface area contributed by atoms with Crippen molar-refractivity contribution in [1.82, 2.24) is 4.98 Å². The molecule has 0 spiro atoms. The lowest BCUT2D eigenvalue weighted by Crippen LogP contribution is -2.46. The van der Waals surface area contributed by atoms with Gasteiger partial charge in [-0.25, -0.2) is 4.98 Å². The maximum atomic E-state index is 10.9. The second kappa shape index (κ2) is 5.85. The van der Waals surface area contributed by atoms with Gasteiger partial charge in [0.1, 0.15) is 17.8 Å². The summed E-state index contributed by atoms with van der Waals surface area (Å²) < 4.78 is -0.617. The molecule has 0 aliphatic rings. The SMILES string of the molecule is CC(C)(SCc1cccnc1C#N)[C@H](N)C(=O)O. The van der Waals surface area contributed by atoms with Crippen molar-refractivity contribution >= 4 is 17.7 Å².